The van der Waals surface area contributed by atoms with E-state index in [1.54, 1.807) is 0 Å². The minimum absolute atomic E-state index is 0.347. The Balaban J connectivity index is 1.42. The number of aliphatic hydroxyl groups is 1. The highest BCUT2D eigenvalue weighted by Crippen LogP contribution is 2.23. The molecule has 1 aliphatic carbocycles. The molecule has 1 atom stereocenters. The third-order valence-corrected chi connectivity index (χ3v) is 6.80. The van der Waals surface area contributed by atoms with Gasteiger partial charge in [-0.3, -0.25) is 0 Å². The van der Waals surface area contributed by atoms with Crippen molar-refractivity contribution in [3.05, 3.63) is 29.8 Å². The Kier molecular flexibility index (Phi) is 9.92. The van der Waals surface area contributed by atoms with Gasteiger partial charge in [-0.15, -0.1) is 0 Å². The number of aliphatic hydroxyl groups excluding tert-OH is 1. The fraction of sp³-hybridized carbons (Fsp3) is 0.760. The summed E-state index contributed by atoms with van der Waals surface area (Å²) in [4.78, 5) is 4.70. The molecule has 1 unspecified atom stereocenters. The van der Waals surface area contributed by atoms with E-state index in [1.807, 2.05) is 12.1 Å². The molecule has 0 radical (unpaired) electrons. The summed E-state index contributed by atoms with van der Waals surface area (Å²) in [5.74, 6) is 1.69. The monoisotopic (exact) mass is 418 g/mol. The van der Waals surface area contributed by atoms with Gasteiger partial charge in [0.2, 0.25) is 0 Å². The Morgan fingerprint density at radius 2 is 1.80 bits per heavy atom. The van der Waals surface area contributed by atoms with Crippen molar-refractivity contribution >= 4 is 0 Å². The number of nitrogens with zero attached hydrogens (tertiary/aromatic N) is 2. The molecule has 2 fully saturated rings. The van der Waals surface area contributed by atoms with E-state index in [0.717, 1.165) is 38.0 Å². The summed E-state index contributed by atoms with van der Waals surface area (Å²) in [5.41, 5.74) is 1.19. The van der Waals surface area contributed by atoms with Crippen LogP contribution in [-0.4, -0.2) is 74.1 Å². The summed E-state index contributed by atoms with van der Waals surface area (Å²) in [7, 11) is 4.32. The minimum atomic E-state index is -0.462. The van der Waals surface area contributed by atoms with Crippen LogP contribution in [-0.2, 0) is 11.3 Å². The molecule has 1 aromatic carbocycles. The normalized spacial score (nSPS) is 20.0. The van der Waals surface area contributed by atoms with E-state index in [9.17, 15) is 5.11 Å². The summed E-state index contributed by atoms with van der Waals surface area (Å²) in [6.07, 6.45) is 9.66. The average Bonchev–Trinajstić information content (AvgIpc) is 2.78. The van der Waals surface area contributed by atoms with Crippen LogP contribution in [0, 0.1) is 5.92 Å². The second kappa shape index (κ2) is 12.7. The first-order valence-electron chi connectivity index (χ1n) is 12.0. The van der Waals surface area contributed by atoms with Gasteiger partial charge in [0.25, 0.3) is 0 Å². The third kappa shape index (κ3) is 7.84. The van der Waals surface area contributed by atoms with Crippen LogP contribution in [0.1, 0.15) is 56.9 Å². The highest BCUT2D eigenvalue weighted by Gasteiger charge is 2.20. The molecule has 0 aromatic heterocycles. The number of benzene rings is 1. The summed E-state index contributed by atoms with van der Waals surface area (Å²) in [6, 6.07) is 8.87. The zero-order chi connectivity index (χ0) is 21.2. The first-order chi connectivity index (χ1) is 14.6. The number of hydrogen-bond acceptors (Lipinski definition) is 5. The van der Waals surface area contributed by atoms with Crippen molar-refractivity contribution in [2.75, 3.05) is 47.0 Å². The predicted molar refractivity (Wildman–Crippen MR) is 122 cm³/mol. The number of rotatable bonds is 11. The molecule has 5 heteroatoms. The lowest BCUT2D eigenvalue weighted by Crippen LogP contribution is -2.40. The van der Waals surface area contributed by atoms with Crippen molar-refractivity contribution in [2.24, 2.45) is 5.92 Å². The maximum absolute atomic E-state index is 10.5. The van der Waals surface area contributed by atoms with Gasteiger partial charge in [-0.25, -0.2) is 0 Å². The second-order valence-electron chi connectivity index (χ2n) is 9.39. The number of likely N-dealkylation sites (N-methyl/N-ethyl adjacent to an activating group) is 1. The molecule has 170 valence electrons. The van der Waals surface area contributed by atoms with Gasteiger partial charge in [0.15, 0.2) is 0 Å². The largest absolute Gasteiger partial charge is 0.491 e. The maximum atomic E-state index is 10.5. The van der Waals surface area contributed by atoms with Gasteiger partial charge in [-0.2, -0.15) is 0 Å². The van der Waals surface area contributed by atoms with Crippen molar-refractivity contribution in [2.45, 2.75) is 70.1 Å². The third-order valence-electron chi connectivity index (χ3n) is 6.80. The Labute approximate surface area is 183 Å². The Morgan fingerprint density at radius 3 is 2.57 bits per heavy atom. The Hall–Kier alpha value is -1.14. The molecule has 1 aliphatic heterocycles. The van der Waals surface area contributed by atoms with E-state index in [2.05, 4.69) is 36.0 Å². The maximum Gasteiger partial charge on any atom is 0.123 e. The molecule has 1 N–H and O–H groups in total. The fourth-order valence-corrected chi connectivity index (χ4v) is 4.83. The molecule has 1 aromatic rings. The molecule has 1 saturated carbocycles. The zero-order valence-electron chi connectivity index (χ0n) is 19.1. The molecule has 2 aliphatic rings. The lowest BCUT2D eigenvalue weighted by atomic mass is 9.94. The molecular formula is C25H42N2O3. The quantitative estimate of drug-likeness (QED) is 0.590. The van der Waals surface area contributed by atoms with Crippen LogP contribution in [0.5, 0.6) is 5.75 Å². The number of ether oxygens (including phenoxy) is 2. The molecule has 5 nitrogen and oxygen atoms in total. The van der Waals surface area contributed by atoms with Crippen molar-refractivity contribution in [3.63, 3.8) is 0 Å². The molecule has 0 bridgehead atoms. The Bertz CT molecular complexity index is 600. The van der Waals surface area contributed by atoms with Gasteiger partial charge < -0.3 is 24.4 Å². The van der Waals surface area contributed by atoms with Gasteiger partial charge >= 0.3 is 0 Å². The summed E-state index contributed by atoms with van der Waals surface area (Å²) in [5, 5.41) is 10.5. The zero-order valence-corrected chi connectivity index (χ0v) is 19.1. The number of hydrogen-bond donors (Lipinski definition) is 1. The van der Waals surface area contributed by atoms with Gasteiger partial charge in [0.05, 0.1) is 0 Å². The molecular weight excluding hydrogens is 376 g/mol. The second-order valence-corrected chi connectivity index (χ2v) is 9.39. The smallest absolute Gasteiger partial charge is 0.123 e. The summed E-state index contributed by atoms with van der Waals surface area (Å²) < 4.78 is 11.5. The van der Waals surface area contributed by atoms with Crippen molar-refractivity contribution in [1.29, 1.82) is 0 Å². The van der Waals surface area contributed by atoms with Crippen molar-refractivity contribution < 1.29 is 14.6 Å². The molecule has 30 heavy (non-hydrogen) atoms. The minimum Gasteiger partial charge on any atom is -0.491 e. The Morgan fingerprint density at radius 1 is 1.07 bits per heavy atom. The van der Waals surface area contributed by atoms with E-state index < -0.39 is 6.10 Å². The van der Waals surface area contributed by atoms with Gasteiger partial charge in [0.1, 0.15) is 18.5 Å². The first kappa shape index (κ1) is 23.5. The first-order valence-corrected chi connectivity index (χ1v) is 12.0. The molecule has 1 heterocycles. The van der Waals surface area contributed by atoms with E-state index >= 15 is 0 Å². The van der Waals surface area contributed by atoms with Crippen LogP contribution in [0.2, 0.25) is 0 Å². The molecule has 1 saturated heterocycles. The highest BCUT2D eigenvalue weighted by atomic mass is 16.5. The van der Waals surface area contributed by atoms with E-state index in [1.165, 1.54) is 56.9 Å². The van der Waals surface area contributed by atoms with Crippen molar-refractivity contribution in [3.8, 4) is 5.75 Å². The predicted octanol–water partition coefficient (Wildman–Crippen LogP) is 3.94. The van der Waals surface area contributed by atoms with E-state index in [4.69, 9.17) is 9.47 Å². The fourth-order valence-electron chi connectivity index (χ4n) is 4.83. The van der Waals surface area contributed by atoms with Gasteiger partial charge in [-0.05, 0) is 64.7 Å². The lowest BCUT2D eigenvalue weighted by Gasteiger charge is -2.32. The van der Waals surface area contributed by atoms with E-state index in [0.29, 0.717) is 19.2 Å². The lowest BCUT2D eigenvalue weighted by molar-refractivity contribution is 0.0553. The summed E-state index contributed by atoms with van der Waals surface area (Å²) >= 11 is 0. The summed E-state index contributed by atoms with van der Waals surface area (Å²) in [6.45, 7) is 4.83. The highest BCUT2D eigenvalue weighted by molar-refractivity contribution is 5.33. The average molecular weight is 419 g/mol. The van der Waals surface area contributed by atoms with Gasteiger partial charge in [-0.1, -0.05) is 37.5 Å². The van der Waals surface area contributed by atoms with Crippen LogP contribution in [0.15, 0.2) is 24.3 Å². The van der Waals surface area contributed by atoms with E-state index in [-0.39, 0.29) is 0 Å². The van der Waals surface area contributed by atoms with Gasteiger partial charge in [0, 0.05) is 37.9 Å². The van der Waals surface area contributed by atoms with Crippen LogP contribution < -0.4 is 4.74 Å². The molecule has 3 rings (SSSR count). The van der Waals surface area contributed by atoms with Crippen LogP contribution in [0.3, 0.4) is 0 Å². The SMILES string of the molecule is CN(CCC1CCOCC1)Cc1ccccc1OCC(O)CN(C)C1CCCCC1. The standard InChI is InChI=1S/C25H42N2O3/c1-26(15-12-21-13-16-29-17-14-21)18-22-8-6-7-11-25(22)30-20-24(28)19-27(2)23-9-4-3-5-10-23/h6-8,11,21,23-24,28H,3-5,9-10,12-20H2,1-2H3. The van der Waals surface area contributed by atoms with Crippen LogP contribution in [0.4, 0.5) is 0 Å². The van der Waals surface area contributed by atoms with Crippen molar-refractivity contribution in [1.82, 2.24) is 9.80 Å². The topological polar surface area (TPSA) is 45.2 Å². The van der Waals surface area contributed by atoms with Crippen LogP contribution >= 0.6 is 0 Å². The van der Waals surface area contributed by atoms with Crippen LogP contribution in [0.25, 0.3) is 0 Å². The molecule has 0 spiro atoms. The number of para-hydroxylation sites is 1. The molecule has 0 amide bonds.